The van der Waals surface area contributed by atoms with Crippen LogP contribution in [-0.2, 0) is 6.42 Å². The number of rotatable bonds is 3. The molecule has 20 heavy (non-hydrogen) atoms. The van der Waals surface area contributed by atoms with Crippen molar-refractivity contribution >= 4 is 16.3 Å². The topological polar surface area (TPSA) is 26.0 Å². The van der Waals surface area contributed by atoms with Gasteiger partial charge in [-0.1, -0.05) is 60.7 Å². The van der Waals surface area contributed by atoms with Crippen LogP contribution in [0.2, 0.25) is 0 Å². The molecule has 0 unspecified atom stereocenters. The molecule has 0 aliphatic rings. The smallest absolute Gasteiger partial charge is 0.0895 e. The van der Waals surface area contributed by atoms with E-state index in [-0.39, 0.29) is 0 Å². The molecule has 2 N–H and O–H groups in total. The van der Waals surface area contributed by atoms with Crippen LogP contribution in [0.5, 0.6) is 0 Å². The van der Waals surface area contributed by atoms with Gasteiger partial charge in [-0.25, -0.2) is 0 Å². The summed E-state index contributed by atoms with van der Waals surface area (Å²) in [4.78, 5) is 1.34. The minimum Gasteiger partial charge on any atom is -0.390 e. The largest absolute Gasteiger partial charge is 0.390 e. The fourth-order valence-electron chi connectivity index (χ4n) is 2.48. The van der Waals surface area contributed by atoms with Gasteiger partial charge < -0.3 is 5.73 Å². The summed E-state index contributed by atoms with van der Waals surface area (Å²) in [5, 5.41) is 0.926. The average Bonchev–Trinajstić information content (AvgIpc) is 2.76. The van der Waals surface area contributed by atoms with Crippen LogP contribution in [0.15, 0.2) is 60.7 Å². The lowest BCUT2D eigenvalue weighted by Gasteiger charge is -2.06. The van der Waals surface area contributed by atoms with Crippen molar-refractivity contribution in [3.05, 3.63) is 76.7 Å². The first kappa shape index (κ1) is 12.9. The van der Waals surface area contributed by atoms with Crippen LogP contribution in [0, 0.1) is 6.92 Å². The van der Waals surface area contributed by atoms with E-state index in [1.54, 1.807) is 11.3 Å². The van der Waals surface area contributed by atoms with Crippen molar-refractivity contribution in [2.75, 3.05) is 5.73 Å². The molecular formula is C18H17NS. The van der Waals surface area contributed by atoms with Crippen LogP contribution in [0.4, 0.5) is 5.00 Å². The SMILES string of the molecule is Cc1c(N)sc(Cc2ccccc2)c1-c1ccccc1. The molecule has 0 bridgehead atoms. The standard InChI is InChI=1S/C18H17NS/c1-13-17(15-10-6-3-7-11-15)16(20-18(13)19)12-14-8-4-2-5-9-14/h2-11H,12,19H2,1H3. The van der Waals surface area contributed by atoms with Gasteiger partial charge in [-0.15, -0.1) is 11.3 Å². The van der Waals surface area contributed by atoms with Gasteiger partial charge in [-0.3, -0.25) is 0 Å². The predicted molar refractivity (Wildman–Crippen MR) is 88.2 cm³/mol. The highest BCUT2D eigenvalue weighted by Gasteiger charge is 2.14. The Balaban J connectivity index is 2.06. The van der Waals surface area contributed by atoms with Crippen molar-refractivity contribution < 1.29 is 0 Å². The summed E-state index contributed by atoms with van der Waals surface area (Å²) in [6.45, 7) is 2.11. The molecule has 3 aromatic rings. The molecule has 0 atom stereocenters. The van der Waals surface area contributed by atoms with Crippen molar-refractivity contribution in [3.63, 3.8) is 0 Å². The van der Waals surface area contributed by atoms with Crippen LogP contribution in [0.3, 0.4) is 0 Å². The molecule has 0 aliphatic carbocycles. The van der Waals surface area contributed by atoms with E-state index in [2.05, 4.69) is 61.5 Å². The Kier molecular flexibility index (Phi) is 3.57. The Bertz CT molecular complexity index is 699. The minimum atomic E-state index is 0.926. The third kappa shape index (κ3) is 2.47. The van der Waals surface area contributed by atoms with Gasteiger partial charge in [0.1, 0.15) is 0 Å². The van der Waals surface area contributed by atoms with Gasteiger partial charge in [-0.2, -0.15) is 0 Å². The van der Waals surface area contributed by atoms with Gasteiger partial charge >= 0.3 is 0 Å². The monoisotopic (exact) mass is 279 g/mol. The van der Waals surface area contributed by atoms with Gasteiger partial charge in [0.25, 0.3) is 0 Å². The zero-order valence-electron chi connectivity index (χ0n) is 11.5. The Morgan fingerprint density at radius 3 is 2.15 bits per heavy atom. The molecule has 1 heterocycles. The molecular weight excluding hydrogens is 262 g/mol. The molecule has 0 aliphatic heterocycles. The van der Waals surface area contributed by atoms with Crippen molar-refractivity contribution in [2.24, 2.45) is 0 Å². The molecule has 2 aromatic carbocycles. The van der Waals surface area contributed by atoms with Crippen LogP contribution < -0.4 is 5.73 Å². The summed E-state index contributed by atoms with van der Waals surface area (Å²) < 4.78 is 0. The summed E-state index contributed by atoms with van der Waals surface area (Å²) in [5.74, 6) is 0. The van der Waals surface area contributed by atoms with E-state index in [4.69, 9.17) is 5.73 Å². The lowest BCUT2D eigenvalue weighted by Crippen LogP contribution is -1.89. The number of hydrogen-bond acceptors (Lipinski definition) is 2. The minimum absolute atomic E-state index is 0.926. The second-order valence-corrected chi connectivity index (χ2v) is 6.05. The Morgan fingerprint density at radius 2 is 1.50 bits per heavy atom. The highest BCUT2D eigenvalue weighted by molar-refractivity contribution is 7.16. The first-order chi connectivity index (χ1) is 9.75. The summed E-state index contributed by atoms with van der Waals surface area (Å²) in [6, 6.07) is 21.1. The van der Waals surface area contributed by atoms with E-state index in [0.717, 1.165) is 11.4 Å². The molecule has 0 radical (unpaired) electrons. The van der Waals surface area contributed by atoms with E-state index >= 15 is 0 Å². The maximum absolute atomic E-state index is 6.15. The van der Waals surface area contributed by atoms with Crippen molar-refractivity contribution in [1.29, 1.82) is 0 Å². The van der Waals surface area contributed by atoms with Gasteiger partial charge in [0.2, 0.25) is 0 Å². The summed E-state index contributed by atoms with van der Waals surface area (Å²) in [7, 11) is 0. The van der Waals surface area contributed by atoms with E-state index < -0.39 is 0 Å². The number of anilines is 1. The molecule has 3 rings (SSSR count). The van der Waals surface area contributed by atoms with Crippen LogP contribution in [0.25, 0.3) is 11.1 Å². The third-order valence-corrected chi connectivity index (χ3v) is 4.65. The molecule has 2 heteroatoms. The van der Waals surface area contributed by atoms with E-state index in [9.17, 15) is 0 Å². The predicted octanol–water partition coefficient (Wildman–Crippen LogP) is 4.90. The zero-order chi connectivity index (χ0) is 13.9. The maximum Gasteiger partial charge on any atom is 0.0895 e. The summed E-state index contributed by atoms with van der Waals surface area (Å²) in [6.07, 6.45) is 0.938. The van der Waals surface area contributed by atoms with Crippen LogP contribution in [0.1, 0.15) is 16.0 Å². The van der Waals surface area contributed by atoms with Crippen molar-refractivity contribution in [3.8, 4) is 11.1 Å². The fourth-order valence-corrected chi connectivity index (χ4v) is 3.61. The van der Waals surface area contributed by atoms with Gasteiger partial charge in [-0.05, 0) is 23.6 Å². The van der Waals surface area contributed by atoms with Crippen LogP contribution >= 0.6 is 11.3 Å². The van der Waals surface area contributed by atoms with Gasteiger partial charge in [0.05, 0.1) is 5.00 Å². The lowest BCUT2D eigenvalue weighted by atomic mass is 9.99. The number of nitrogens with two attached hydrogens (primary N) is 1. The molecule has 1 aromatic heterocycles. The Hall–Kier alpha value is -2.06. The van der Waals surface area contributed by atoms with Gasteiger partial charge in [0.15, 0.2) is 0 Å². The fraction of sp³-hybridized carbons (Fsp3) is 0.111. The second kappa shape index (κ2) is 5.51. The molecule has 0 saturated heterocycles. The second-order valence-electron chi connectivity index (χ2n) is 4.92. The van der Waals surface area contributed by atoms with E-state index in [1.165, 1.54) is 27.1 Å². The van der Waals surface area contributed by atoms with Gasteiger partial charge in [0, 0.05) is 16.9 Å². The zero-order valence-corrected chi connectivity index (χ0v) is 12.3. The Labute approximate surface area is 123 Å². The molecule has 100 valence electrons. The summed E-state index contributed by atoms with van der Waals surface area (Å²) >= 11 is 1.71. The number of hydrogen-bond donors (Lipinski definition) is 1. The highest BCUT2D eigenvalue weighted by Crippen LogP contribution is 2.39. The number of nitrogen functional groups attached to an aromatic ring is 1. The third-order valence-electron chi connectivity index (χ3n) is 3.53. The van der Waals surface area contributed by atoms with Crippen LogP contribution in [-0.4, -0.2) is 0 Å². The van der Waals surface area contributed by atoms with Crippen molar-refractivity contribution in [2.45, 2.75) is 13.3 Å². The number of benzene rings is 2. The van der Waals surface area contributed by atoms with E-state index in [0.29, 0.717) is 0 Å². The average molecular weight is 279 g/mol. The quantitative estimate of drug-likeness (QED) is 0.725. The molecule has 0 fully saturated rings. The van der Waals surface area contributed by atoms with Crippen molar-refractivity contribution in [1.82, 2.24) is 0 Å². The highest BCUT2D eigenvalue weighted by atomic mass is 32.1. The first-order valence-electron chi connectivity index (χ1n) is 6.73. The molecule has 0 amide bonds. The first-order valence-corrected chi connectivity index (χ1v) is 7.54. The number of thiophene rings is 1. The summed E-state index contributed by atoms with van der Waals surface area (Å²) in [5.41, 5.74) is 11.2. The Morgan fingerprint density at radius 1 is 0.900 bits per heavy atom. The molecule has 1 nitrogen and oxygen atoms in total. The normalized spacial score (nSPS) is 10.7. The van der Waals surface area contributed by atoms with E-state index in [1.807, 2.05) is 6.07 Å². The molecule has 0 saturated carbocycles. The maximum atomic E-state index is 6.15. The lowest BCUT2D eigenvalue weighted by molar-refractivity contribution is 1.24. The molecule has 0 spiro atoms.